The van der Waals surface area contributed by atoms with Crippen molar-refractivity contribution >= 4 is 34.6 Å². The van der Waals surface area contributed by atoms with Crippen LogP contribution in [0.5, 0.6) is 0 Å². The molecule has 0 bridgehead atoms. The zero-order valence-corrected chi connectivity index (χ0v) is 16.4. The maximum atomic E-state index is 13.6. The van der Waals surface area contributed by atoms with E-state index in [1.807, 2.05) is 0 Å². The van der Waals surface area contributed by atoms with E-state index in [1.54, 1.807) is 20.8 Å². The molecule has 0 saturated carbocycles. The van der Waals surface area contributed by atoms with Crippen molar-refractivity contribution in [1.29, 1.82) is 0 Å². The highest BCUT2D eigenvalue weighted by atomic mass is 35.5. The van der Waals surface area contributed by atoms with Gasteiger partial charge in [-0.25, -0.2) is 0 Å². The molecule has 0 amide bonds. The van der Waals surface area contributed by atoms with Gasteiger partial charge in [0.2, 0.25) is 0 Å². The predicted molar refractivity (Wildman–Crippen MR) is 97.3 cm³/mol. The second kappa shape index (κ2) is 7.90. The molecule has 1 N–H and O–H groups in total. The minimum absolute atomic E-state index is 0.0812. The lowest BCUT2D eigenvalue weighted by Crippen LogP contribution is -2.45. The van der Waals surface area contributed by atoms with E-state index in [1.165, 1.54) is 30.7 Å². The van der Waals surface area contributed by atoms with Crippen molar-refractivity contribution in [3.05, 3.63) is 46.3 Å². The molecule has 1 heterocycles. The Morgan fingerprint density at radius 1 is 1.12 bits per heavy atom. The summed E-state index contributed by atoms with van der Waals surface area (Å²) in [5, 5.41) is -0.363. The Bertz CT molecular complexity index is 770. The monoisotopic (exact) mass is 425 g/mol. The highest BCUT2D eigenvalue weighted by Gasteiger charge is 2.47. The lowest BCUT2D eigenvalue weighted by atomic mass is 10.0. The molecule has 2 atom stereocenters. The lowest BCUT2D eigenvalue weighted by molar-refractivity contribution is -0.153. The van der Waals surface area contributed by atoms with E-state index in [4.69, 9.17) is 23.2 Å². The van der Waals surface area contributed by atoms with Gasteiger partial charge in [-0.1, -0.05) is 35.3 Å². The Labute approximate surface area is 162 Å². The number of rotatable bonds is 4. The summed E-state index contributed by atoms with van der Waals surface area (Å²) in [4.78, 5) is 7.96. The van der Waals surface area contributed by atoms with Crippen molar-refractivity contribution in [1.82, 2.24) is 14.7 Å². The molecule has 0 radical (unpaired) electrons. The van der Waals surface area contributed by atoms with Crippen molar-refractivity contribution in [2.24, 2.45) is 0 Å². The topological polar surface area (TPSA) is 60.9 Å². The van der Waals surface area contributed by atoms with Crippen LogP contribution in [0.4, 0.5) is 13.2 Å². The van der Waals surface area contributed by atoms with Crippen molar-refractivity contribution < 1.29 is 17.7 Å². The molecule has 1 unspecified atom stereocenters. The summed E-state index contributed by atoms with van der Waals surface area (Å²) in [5.41, 5.74) is 0.418. The molecule has 0 aliphatic heterocycles. The number of hydrogen-bond donors (Lipinski definition) is 1. The average molecular weight is 426 g/mol. The van der Waals surface area contributed by atoms with Crippen LogP contribution in [0.2, 0.25) is 10.0 Å². The van der Waals surface area contributed by atoms with Crippen molar-refractivity contribution in [3.63, 3.8) is 0 Å². The molecule has 2 rings (SSSR count). The summed E-state index contributed by atoms with van der Waals surface area (Å²) in [6, 6.07) is 0.348. The first kappa shape index (κ1) is 21.2. The van der Waals surface area contributed by atoms with Crippen LogP contribution in [-0.4, -0.2) is 25.4 Å². The molecule has 1 aromatic heterocycles. The van der Waals surface area contributed by atoms with Gasteiger partial charge in [0.1, 0.15) is 4.75 Å². The second-order valence-electron chi connectivity index (χ2n) is 6.39. The first-order valence-electron chi connectivity index (χ1n) is 7.42. The van der Waals surface area contributed by atoms with Gasteiger partial charge in [-0.2, -0.15) is 13.2 Å². The number of benzene rings is 1. The van der Waals surface area contributed by atoms with Crippen molar-refractivity contribution in [2.75, 3.05) is 0 Å². The van der Waals surface area contributed by atoms with Crippen LogP contribution in [0.1, 0.15) is 32.4 Å². The van der Waals surface area contributed by atoms with Crippen molar-refractivity contribution in [3.8, 4) is 11.3 Å². The minimum atomic E-state index is -4.72. The summed E-state index contributed by atoms with van der Waals surface area (Å²) < 4.78 is 54.1. The third-order valence-electron chi connectivity index (χ3n) is 3.37. The van der Waals surface area contributed by atoms with E-state index >= 15 is 0 Å². The summed E-state index contributed by atoms with van der Waals surface area (Å²) in [7, 11) is 0. The molecule has 1 aromatic carbocycles. The lowest BCUT2D eigenvalue weighted by Gasteiger charge is -2.29. The fraction of sp³-hybridized carbons (Fsp3) is 0.375. The van der Waals surface area contributed by atoms with E-state index in [0.717, 1.165) is 0 Å². The van der Waals surface area contributed by atoms with Gasteiger partial charge in [0.25, 0.3) is 0 Å². The molecule has 4 nitrogen and oxygen atoms in total. The van der Waals surface area contributed by atoms with Gasteiger partial charge in [-0.3, -0.25) is 9.97 Å². The van der Waals surface area contributed by atoms with Gasteiger partial charge in [-0.05, 0) is 20.8 Å². The van der Waals surface area contributed by atoms with E-state index in [2.05, 4.69) is 14.7 Å². The maximum absolute atomic E-state index is 13.6. The van der Waals surface area contributed by atoms with Crippen LogP contribution in [0.25, 0.3) is 11.3 Å². The number of alkyl halides is 3. The van der Waals surface area contributed by atoms with Crippen LogP contribution in [-0.2, 0) is 11.4 Å². The minimum Gasteiger partial charge on any atom is -0.598 e. The quantitative estimate of drug-likeness (QED) is 0.691. The van der Waals surface area contributed by atoms with Gasteiger partial charge in [-0.15, -0.1) is 4.72 Å². The fourth-order valence-electron chi connectivity index (χ4n) is 2.01. The Hall–Kier alpha value is -1.06. The average Bonchev–Trinajstić information content (AvgIpc) is 2.54. The number of nitrogens with zero attached hydrogens (tertiary/aromatic N) is 2. The first-order chi connectivity index (χ1) is 11.9. The second-order valence-corrected chi connectivity index (χ2v) is 9.15. The Kier molecular flexibility index (Phi) is 6.45. The highest BCUT2D eigenvalue weighted by Crippen LogP contribution is 2.42. The van der Waals surface area contributed by atoms with Gasteiger partial charge >= 0.3 is 6.18 Å². The van der Waals surface area contributed by atoms with Crippen LogP contribution >= 0.6 is 23.2 Å². The normalized spacial score (nSPS) is 15.0. The van der Waals surface area contributed by atoms with Gasteiger partial charge in [0.15, 0.2) is 6.04 Å². The summed E-state index contributed by atoms with van der Waals surface area (Å²) in [6.07, 6.45) is -0.411. The number of aromatic nitrogens is 2. The van der Waals surface area contributed by atoms with E-state index in [9.17, 15) is 17.7 Å². The van der Waals surface area contributed by atoms with E-state index in [0.29, 0.717) is 11.3 Å². The summed E-state index contributed by atoms with van der Waals surface area (Å²) in [5.74, 6) is 0. The first-order valence-corrected chi connectivity index (χ1v) is 9.32. The highest BCUT2D eigenvalue weighted by molar-refractivity contribution is 7.90. The van der Waals surface area contributed by atoms with Crippen LogP contribution in [0.3, 0.4) is 0 Å². The molecule has 0 fully saturated rings. The van der Waals surface area contributed by atoms with Crippen LogP contribution < -0.4 is 4.72 Å². The van der Waals surface area contributed by atoms with Crippen LogP contribution in [0, 0.1) is 0 Å². The molecule has 0 aliphatic rings. The molecule has 0 aliphatic carbocycles. The van der Waals surface area contributed by atoms with E-state index in [-0.39, 0.29) is 15.6 Å². The Balaban J connectivity index is 2.48. The smallest absolute Gasteiger partial charge is 0.412 e. The fourth-order valence-corrected chi connectivity index (χ4v) is 3.38. The van der Waals surface area contributed by atoms with E-state index < -0.39 is 28.3 Å². The SMILES string of the molecule is CC(C)(C)[S+]([O-])N[C@H](c1ccc(-c2cnccn2)c(Cl)c1Cl)C(F)(F)F. The molecule has 2 aromatic rings. The van der Waals surface area contributed by atoms with Gasteiger partial charge in [0, 0.05) is 34.9 Å². The summed E-state index contributed by atoms with van der Waals surface area (Å²) >= 11 is 10.3. The summed E-state index contributed by atoms with van der Waals surface area (Å²) in [6.45, 7) is 4.69. The largest absolute Gasteiger partial charge is 0.598 e. The zero-order chi connectivity index (χ0) is 19.7. The molecule has 10 heteroatoms. The third kappa shape index (κ3) is 4.80. The molecule has 0 saturated heterocycles. The number of halogens is 5. The number of nitrogens with one attached hydrogen (secondary N) is 1. The standard InChI is InChI=1S/C16H16Cl2F3N3OS/c1-15(2,3)26(25)24-14(16(19,20)21)10-5-4-9(12(17)13(10)18)11-8-22-6-7-23-11/h4-8,14,24H,1-3H3/t14-,26?/m1/s1. The predicted octanol–water partition coefficient (Wildman–Crippen LogP) is 5.11. The number of hydrogen-bond acceptors (Lipinski definition) is 4. The maximum Gasteiger partial charge on any atom is 0.412 e. The molecule has 26 heavy (non-hydrogen) atoms. The Morgan fingerprint density at radius 2 is 1.77 bits per heavy atom. The van der Waals surface area contributed by atoms with Gasteiger partial charge in [0.05, 0.1) is 21.9 Å². The van der Waals surface area contributed by atoms with Gasteiger partial charge < -0.3 is 4.55 Å². The molecular formula is C16H16Cl2F3N3OS. The Morgan fingerprint density at radius 3 is 2.27 bits per heavy atom. The molecule has 0 spiro atoms. The zero-order valence-electron chi connectivity index (χ0n) is 14.1. The third-order valence-corrected chi connectivity index (χ3v) is 5.83. The molecule has 142 valence electrons. The molecular weight excluding hydrogens is 410 g/mol. The van der Waals surface area contributed by atoms with Crippen LogP contribution in [0.15, 0.2) is 30.7 Å². The van der Waals surface area contributed by atoms with Crippen molar-refractivity contribution in [2.45, 2.75) is 37.7 Å².